The van der Waals surface area contributed by atoms with Crippen LogP contribution in [-0.2, 0) is 6.42 Å². The first-order chi connectivity index (χ1) is 10.9. The number of H-pyrrole nitrogens is 1. The van der Waals surface area contributed by atoms with Crippen LogP contribution < -0.4 is 10.2 Å². The Kier molecular flexibility index (Phi) is 5.54. The summed E-state index contributed by atoms with van der Waals surface area (Å²) in [5.41, 5.74) is 1.72. The Labute approximate surface area is 141 Å². The van der Waals surface area contributed by atoms with Crippen LogP contribution >= 0.6 is 12.2 Å². The standard InChI is InChI=1S/C16H23N5OS/c1-11(2)21-14(18-19-16(21)23)9-10-17-15(22)12-5-7-13(8-6-12)20(3)4/h5-8,11H,9-10H2,1-4H3,(H,17,22)(H,19,23). The van der Waals surface area contributed by atoms with E-state index in [1.165, 1.54) is 0 Å². The van der Waals surface area contributed by atoms with Crippen molar-refractivity contribution in [2.75, 3.05) is 25.5 Å². The van der Waals surface area contributed by atoms with E-state index in [0.717, 1.165) is 11.5 Å². The van der Waals surface area contributed by atoms with Gasteiger partial charge in [-0.1, -0.05) is 0 Å². The summed E-state index contributed by atoms with van der Waals surface area (Å²) in [5.74, 6) is 0.772. The van der Waals surface area contributed by atoms with Gasteiger partial charge in [-0.05, 0) is 50.3 Å². The molecule has 0 radical (unpaired) electrons. The Balaban J connectivity index is 1.94. The van der Waals surface area contributed by atoms with E-state index in [1.807, 2.05) is 47.8 Å². The zero-order chi connectivity index (χ0) is 17.0. The number of hydrogen-bond donors (Lipinski definition) is 2. The molecule has 0 aliphatic heterocycles. The third kappa shape index (κ3) is 4.19. The highest BCUT2D eigenvalue weighted by Crippen LogP contribution is 2.12. The third-order valence-electron chi connectivity index (χ3n) is 3.57. The molecule has 0 bridgehead atoms. The van der Waals surface area contributed by atoms with Crippen molar-refractivity contribution in [3.8, 4) is 0 Å². The van der Waals surface area contributed by atoms with Crippen LogP contribution in [0, 0.1) is 4.77 Å². The number of carbonyl (C=O) groups is 1. The average Bonchev–Trinajstić information content (AvgIpc) is 2.88. The van der Waals surface area contributed by atoms with Gasteiger partial charge in [-0.2, -0.15) is 5.10 Å². The van der Waals surface area contributed by atoms with Gasteiger partial charge < -0.3 is 14.8 Å². The Hall–Kier alpha value is -2.15. The van der Waals surface area contributed by atoms with Gasteiger partial charge >= 0.3 is 0 Å². The fourth-order valence-corrected chi connectivity index (χ4v) is 2.71. The van der Waals surface area contributed by atoms with E-state index >= 15 is 0 Å². The molecular formula is C16H23N5OS. The van der Waals surface area contributed by atoms with Gasteiger partial charge in [0, 0.05) is 44.4 Å². The van der Waals surface area contributed by atoms with E-state index in [0.29, 0.717) is 23.3 Å². The first kappa shape index (κ1) is 17.2. The van der Waals surface area contributed by atoms with Crippen molar-refractivity contribution in [2.24, 2.45) is 0 Å². The molecule has 2 N–H and O–H groups in total. The second kappa shape index (κ2) is 7.41. The minimum Gasteiger partial charge on any atom is -0.378 e. The zero-order valence-electron chi connectivity index (χ0n) is 14.0. The summed E-state index contributed by atoms with van der Waals surface area (Å²) in [6, 6.07) is 7.76. The van der Waals surface area contributed by atoms with Crippen molar-refractivity contribution in [3.05, 3.63) is 40.4 Å². The van der Waals surface area contributed by atoms with Crippen molar-refractivity contribution in [1.82, 2.24) is 20.1 Å². The highest BCUT2D eigenvalue weighted by molar-refractivity contribution is 7.71. The number of amides is 1. The molecule has 0 atom stereocenters. The lowest BCUT2D eigenvalue weighted by atomic mass is 10.2. The maximum atomic E-state index is 12.2. The maximum Gasteiger partial charge on any atom is 0.251 e. The fraction of sp³-hybridized carbons (Fsp3) is 0.438. The molecule has 23 heavy (non-hydrogen) atoms. The van der Waals surface area contributed by atoms with E-state index in [9.17, 15) is 4.79 Å². The fourth-order valence-electron chi connectivity index (χ4n) is 2.35. The summed E-state index contributed by atoms with van der Waals surface area (Å²) in [5, 5.41) is 9.95. The second-order valence-corrected chi connectivity index (χ2v) is 6.24. The van der Waals surface area contributed by atoms with E-state index in [2.05, 4.69) is 29.4 Å². The quantitative estimate of drug-likeness (QED) is 0.798. The molecule has 0 unspecified atom stereocenters. The number of nitrogens with one attached hydrogen (secondary N) is 2. The number of hydrogen-bond acceptors (Lipinski definition) is 4. The van der Waals surface area contributed by atoms with Crippen LogP contribution in [0.5, 0.6) is 0 Å². The zero-order valence-corrected chi connectivity index (χ0v) is 14.8. The summed E-state index contributed by atoms with van der Waals surface area (Å²) in [6.07, 6.45) is 0.632. The molecule has 0 aliphatic carbocycles. The number of carbonyl (C=O) groups excluding carboxylic acids is 1. The van der Waals surface area contributed by atoms with E-state index in [4.69, 9.17) is 12.2 Å². The predicted molar refractivity (Wildman–Crippen MR) is 94.6 cm³/mol. The molecular weight excluding hydrogens is 310 g/mol. The number of benzene rings is 1. The molecule has 7 heteroatoms. The molecule has 0 aliphatic rings. The van der Waals surface area contributed by atoms with Crippen LogP contribution in [0.15, 0.2) is 24.3 Å². The number of nitrogens with zero attached hydrogens (tertiary/aromatic N) is 3. The lowest BCUT2D eigenvalue weighted by molar-refractivity contribution is 0.0954. The Morgan fingerprint density at radius 2 is 2.00 bits per heavy atom. The molecule has 1 amide bonds. The Morgan fingerprint density at radius 3 is 2.57 bits per heavy atom. The van der Waals surface area contributed by atoms with E-state index < -0.39 is 0 Å². The van der Waals surface area contributed by atoms with Crippen molar-refractivity contribution < 1.29 is 4.79 Å². The highest BCUT2D eigenvalue weighted by atomic mass is 32.1. The molecule has 1 aromatic heterocycles. The summed E-state index contributed by atoms with van der Waals surface area (Å²) < 4.78 is 2.58. The number of rotatable bonds is 6. The summed E-state index contributed by atoms with van der Waals surface area (Å²) in [7, 11) is 3.94. The van der Waals surface area contributed by atoms with Crippen LogP contribution in [0.3, 0.4) is 0 Å². The van der Waals surface area contributed by atoms with Crippen LogP contribution in [0.25, 0.3) is 0 Å². The van der Waals surface area contributed by atoms with Crippen LogP contribution in [-0.4, -0.2) is 41.3 Å². The largest absolute Gasteiger partial charge is 0.378 e. The van der Waals surface area contributed by atoms with Crippen LogP contribution in [0.2, 0.25) is 0 Å². The smallest absolute Gasteiger partial charge is 0.251 e. The molecule has 1 heterocycles. The molecule has 1 aromatic carbocycles. The van der Waals surface area contributed by atoms with Gasteiger partial charge in [-0.3, -0.25) is 9.89 Å². The summed E-state index contributed by atoms with van der Waals surface area (Å²) in [4.78, 5) is 14.2. The molecule has 0 saturated heterocycles. The van der Waals surface area contributed by atoms with Crippen LogP contribution in [0.4, 0.5) is 5.69 Å². The predicted octanol–water partition coefficient (Wildman–Crippen LogP) is 2.56. The van der Waals surface area contributed by atoms with Gasteiger partial charge in [0.2, 0.25) is 0 Å². The SMILES string of the molecule is CC(C)n1c(CCNC(=O)c2ccc(N(C)C)cc2)n[nH]c1=S. The maximum absolute atomic E-state index is 12.2. The van der Waals surface area contributed by atoms with Crippen molar-refractivity contribution in [2.45, 2.75) is 26.3 Å². The molecule has 0 spiro atoms. The van der Waals surface area contributed by atoms with Gasteiger partial charge in [-0.15, -0.1) is 0 Å². The summed E-state index contributed by atoms with van der Waals surface area (Å²) >= 11 is 5.21. The molecule has 6 nitrogen and oxygen atoms in total. The van der Waals surface area contributed by atoms with Gasteiger partial charge in [0.25, 0.3) is 5.91 Å². The molecule has 2 rings (SSSR count). The minimum atomic E-state index is -0.0828. The first-order valence-corrected chi connectivity index (χ1v) is 8.02. The molecule has 0 saturated carbocycles. The Bertz CT molecular complexity index is 715. The topological polar surface area (TPSA) is 66.0 Å². The molecule has 124 valence electrons. The molecule has 0 fully saturated rings. The average molecular weight is 333 g/mol. The lowest BCUT2D eigenvalue weighted by Crippen LogP contribution is -2.26. The normalized spacial score (nSPS) is 10.8. The van der Waals surface area contributed by atoms with Crippen molar-refractivity contribution in [3.63, 3.8) is 0 Å². The van der Waals surface area contributed by atoms with Crippen LogP contribution in [0.1, 0.15) is 36.1 Å². The van der Waals surface area contributed by atoms with Gasteiger partial charge in [0.15, 0.2) is 4.77 Å². The van der Waals surface area contributed by atoms with E-state index in [1.54, 1.807) is 0 Å². The van der Waals surface area contributed by atoms with Gasteiger partial charge in [-0.25, -0.2) is 0 Å². The monoisotopic (exact) mass is 333 g/mol. The lowest BCUT2D eigenvalue weighted by Gasteiger charge is -2.13. The number of aromatic amines is 1. The summed E-state index contributed by atoms with van der Waals surface area (Å²) in [6.45, 7) is 4.63. The third-order valence-corrected chi connectivity index (χ3v) is 3.86. The number of anilines is 1. The second-order valence-electron chi connectivity index (χ2n) is 5.86. The Morgan fingerprint density at radius 1 is 1.35 bits per heavy atom. The minimum absolute atomic E-state index is 0.0828. The van der Waals surface area contributed by atoms with Crippen molar-refractivity contribution >= 4 is 23.8 Å². The van der Waals surface area contributed by atoms with Crippen molar-refractivity contribution in [1.29, 1.82) is 0 Å². The molecule has 2 aromatic rings. The van der Waals surface area contributed by atoms with Gasteiger partial charge in [0.1, 0.15) is 5.82 Å². The van der Waals surface area contributed by atoms with Gasteiger partial charge in [0.05, 0.1) is 0 Å². The highest BCUT2D eigenvalue weighted by Gasteiger charge is 2.10. The first-order valence-electron chi connectivity index (χ1n) is 7.61. The number of aromatic nitrogens is 3. The van der Waals surface area contributed by atoms with E-state index in [-0.39, 0.29) is 11.9 Å².